The van der Waals surface area contributed by atoms with Gasteiger partial charge in [0.25, 0.3) is 0 Å². The number of hydrogen-bond donors (Lipinski definition) is 2. The zero-order valence-corrected chi connectivity index (χ0v) is 30.3. The molecule has 2 fully saturated rings. The Bertz CT molecular complexity index is 1670. The molecule has 2 aromatic rings. The molecule has 4 aliphatic heterocycles. The van der Waals surface area contributed by atoms with Crippen LogP contribution in [0.5, 0.6) is 0 Å². The number of carbonyl (C=O) groups excluding carboxylic acids is 4. The summed E-state index contributed by atoms with van der Waals surface area (Å²) < 4.78 is 12.5. The Morgan fingerprint density at radius 3 is 2.29 bits per heavy atom. The molecular weight excluding hydrogens is 646 g/mol. The third-order valence-corrected chi connectivity index (χ3v) is 10.6. The number of allylic oxidation sites excluding steroid dienone is 1. The quantitative estimate of drug-likeness (QED) is 0.322. The molecule has 6 rings (SSSR count). The Balaban J connectivity index is 1.46. The molecule has 0 aromatic heterocycles. The fourth-order valence-electron chi connectivity index (χ4n) is 8.85. The predicted molar refractivity (Wildman–Crippen MR) is 192 cm³/mol. The van der Waals surface area contributed by atoms with Crippen molar-refractivity contribution in [3.05, 3.63) is 96.1 Å². The predicted octanol–water partition coefficient (Wildman–Crippen LogP) is 4.53. The Hall–Kier alpha value is -4.28. The average Bonchev–Trinajstić information content (AvgIpc) is 3.47. The lowest BCUT2D eigenvalue weighted by Crippen LogP contribution is -2.62. The number of aliphatic hydroxyl groups excluding tert-OH is 1. The first-order chi connectivity index (χ1) is 24.3. The fourth-order valence-corrected chi connectivity index (χ4v) is 8.85. The van der Waals surface area contributed by atoms with Crippen LogP contribution in [0, 0.1) is 17.3 Å². The second-order valence-corrected chi connectivity index (χ2v) is 16.1. The van der Waals surface area contributed by atoms with Crippen molar-refractivity contribution in [3.8, 4) is 0 Å². The van der Waals surface area contributed by atoms with Gasteiger partial charge in [-0.05, 0) is 49.7 Å². The number of nitrogens with one attached hydrogen (secondary N) is 1. The van der Waals surface area contributed by atoms with E-state index in [0.717, 1.165) is 11.1 Å². The third kappa shape index (κ3) is 7.26. The lowest BCUT2D eigenvalue weighted by Gasteiger charge is -2.45. The van der Waals surface area contributed by atoms with Gasteiger partial charge in [-0.3, -0.25) is 19.2 Å². The number of hydrogen-bond acceptors (Lipinski definition) is 7. The first-order valence-electron chi connectivity index (χ1n) is 18.1. The molecule has 0 radical (unpaired) electrons. The maximum absolute atomic E-state index is 15.2. The van der Waals surface area contributed by atoms with Gasteiger partial charge in [0.15, 0.2) is 0 Å². The molecule has 272 valence electrons. The molecule has 10 heteroatoms. The highest BCUT2D eigenvalue weighted by molar-refractivity contribution is 6.00. The van der Waals surface area contributed by atoms with Gasteiger partial charge >= 0.3 is 5.97 Å². The molecule has 7 atom stereocenters. The first-order valence-corrected chi connectivity index (χ1v) is 18.1. The number of amides is 3. The van der Waals surface area contributed by atoms with E-state index in [1.54, 1.807) is 12.2 Å². The lowest BCUT2D eigenvalue weighted by atomic mass is 9.77. The first kappa shape index (κ1) is 36.5. The van der Waals surface area contributed by atoms with Crippen molar-refractivity contribution in [1.29, 1.82) is 0 Å². The number of ether oxygens (including phenoxy) is 2. The van der Waals surface area contributed by atoms with Crippen LogP contribution >= 0.6 is 0 Å². The van der Waals surface area contributed by atoms with Crippen molar-refractivity contribution in [2.45, 2.75) is 95.7 Å². The molecule has 51 heavy (non-hydrogen) atoms. The summed E-state index contributed by atoms with van der Waals surface area (Å²) >= 11 is 0. The van der Waals surface area contributed by atoms with Crippen LogP contribution in [0.3, 0.4) is 0 Å². The summed E-state index contributed by atoms with van der Waals surface area (Å²) in [5, 5.41) is 14.0. The molecule has 4 aliphatic rings. The zero-order chi connectivity index (χ0) is 36.6. The average molecular weight is 698 g/mol. The van der Waals surface area contributed by atoms with E-state index in [2.05, 4.69) is 26.1 Å². The molecule has 3 amide bonds. The highest BCUT2D eigenvalue weighted by atomic mass is 16.5. The van der Waals surface area contributed by atoms with Crippen molar-refractivity contribution >= 4 is 23.7 Å². The van der Waals surface area contributed by atoms with Gasteiger partial charge in [-0.1, -0.05) is 106 Å². The summed E-state index contributed by atoms with van der Waals surface area (Å²) in [6.45, 7) is 10.3. The van der Waals surface area contributed by atoms with Crippen LogP contribution in [-0.4, -0.2) is 87.7 Å². The number of nitrogens with zero attached hydrogens (tertiary/aromatic N) is 2. The number of esters is 1. The van der Waals surface area contributed by atoms with Gasteiger partial charge in [0.05, 0.1) is 36.6 Å². The van der Waals surface area contributed by atoms with Crippen LogP contribution in [0.15, 0.2) is 85.0 Å². The number of fused-ring (bicyclic) bond motifs is 2. The van der Waals surface area contributed by atoms with Crippen molar-refractivity contribution < 1.29 is 33.8 Å². The normalized spacial score (nSPS) is 29.9. The molecular formula is C41H51N3O7. The SMILES string of the molecule is CC(C)(C)CC(C)(C)N1CC=C[C@@]23O[C@H]4/C=C\CCC(=O)OC[C@H](c5ccccc5)NC(=O)[C@H]4[C@@H]2C(=O)N([C@@H](CO)Cc2ccccc2)[C@H]3C1=O. The summed E-state index contributed by atoms with van der Waals surface area (Å²) in [7, 11) is 0. The van der Waals surface area contributed by atoms with Crippen molar-refractivity contribution in [1.82, 2.24) is 15.1 Å². The highest BCUT2D eigenvalue weighted by Crippen LogP contribution is 2.54. The molecule has 0 unspecified atom stereocenters. The van der Waals surface area contributed by atoms with E-state index in [-0.39, 0.29) is 36.9 Å². The van der Waals surface area contributed by atoms with Crippen LogP contribution in [-0.2, 0) is 35.1 Å². The topological polar surface area (TPSA) is 125 Å². The number of cyclic esters (lactones) is 1. The van der Waals surface area contributed by atoms with Crippen LogP contribution in [0.2, 0.25) is 0 Å². The summed E-state index contributed by atoms with van der Waals surface area (Å²) in [5.74, 6) is -3.58. The van der Waals surface area contributed by atoms with Gasteiger partial charge in [-0.2, -0.15) is 0 Å². The lowest BCUT2D eigenvalue weighted by molar-refractivity contribution is -0.154. The number of rotatable bonds is 7. The second-order valence-electron chi connectivity index (χ2n) is 16.1. The molecule has 0 aliphatic carbocycles. The molecule has 2 aromatic carbocycles. The van der Waals surface area contributed by atoms with E-state index in [4.69, 9.17) is 9.47 Å². The second kappa shape index (κ2) is 14.4. The van der Waals surface area contributed by atoms with Crippen molar-refractivity contribution in [2.24, 2.45) is 17.3 Å². The molecule has 1 spiro atoms. The minimum atomic E-state index is -1.49. The van der Waals surface area contributed by atoms with E-state index in [9.17, 15) is 14.7 Å². The fraction of sp³-hybridized carbons (Fsp3) is 0.512. The molecule has 2 saturated heterocycles. The standard InChI is InChI=1S/C41H51N3O7/c1-39(2,3)26-40(4,5)43-22-14-21-41-34(37(48)44(35(41)38(43)49)29(24-45)23-27-15-8-6-9-16-27)33-31(51-41)19-12-13-20-32(46)50-25-30(42-36(33)47)28-17-10-7-11-18-28/h6-12,14-19,21,29-31,33-35,45H,13,20,22-26H2,1-5H3,(H,42,47)/b19-12-/t29-,30-,31+,33-,34-,35+,41-/m1/s1. The van der Waals surface area contributed by atoms with Gasteiger partial charge in [0.1, 0.15) is 18.2 Å². The van der Waals surface area contributed by atoms with Gasteiger partial charge < -0.3 is 29.7 Å². The summed E-state index contributed by atoms with van der Waals surface area (Å²) in [4.78, 5) is 60.8. The van der Waals surface area contributed by atoms with Gasteiger partial charge in [0, 0.05) is 18.5 Å². The summed E-state index contributed by atoms with van der Waals surface area (Å²) in [6, 6.07) is 16.3. The maximum atomic E-state index is 15.2. The molecule has 2 N–H and O–H groups in total. The van der Waals surface area contributed by atoms with E-state index < -0.39 is 59.0 Å². The Morgan fingerprint density at radius 1 is 0.941 bits per heavy atom. The smallest absolute Gasteiger partial charge is 0.306 e. The zero-order valence-electron chi connectivity index (χ0n) is 30.3. The summed E-state index contributed by atoms with van der Waals surface area (Å²) in [5.41, 5.74) is -0.526. The molecule has 0 bridgehead atoms. The van der Waals surface area contributed by atoms with E-state index in [1.807, 2.05) is 91.6 Å². The number of carbonyl (C=O) groups is 4. The minimum absolute atomic E-state index is 0.0745. The number of likely N-dealkylation sites (tertiary alicyclic amines) is 1. The van der Waals surface area contributed by atoms with Gasteiger partial charge in [0.2, 0.25) is 17.7 Å². The van der Waals surface area contributed by atoms with Gasteiger partial charge in [-0.15, -0.1) is 0 Å². The van der Waals surface area contributed by atoms with Crippen LogP contribution in [0.1, 0.15) is 71.0 Å². The van der Waals surface area contributed by atoms with Crippen molar-refractivity contribution in [2.75, 3.05) is 19.8 Å². The van der Waals surface area contributed by atoms with E-state index in [0.29, 0.717) is 25.8 Å². The van der Waals surface area contributed by atoms with Crippen LogP contribution in [0.25, 0.3) is 0 Å². The number of aliphatic hydroxyl groups is 1. The summed E-state index contributed by atoms with van der Waals surface area (Å²) in [6.07, 6.45) is 7.90. The Morgan fingerprint density at radius 2 is 1.63 bits per heavy atom. The third-order valence-electron chi connectivity index (χ3n) is 10.6. The van der Waals surface area contributed by atoms with Crippen LogP contribution in [0.4, 0.5) is 0 Å². The maximum Gasteiger partial charge on any atom is 0.306 e. The Labute approximate surface area is 300 Å². The number of benzene rings is 2. The Kier molecular flexibility index (Phi) is 10.3. The molecule has 10 nitrogen and oxygen atoms in total. The largest absolute Gasteiger partial charge is 0.463 e. The monoisotopic (exact) mass is 697 g/mol. The highest BCUT2D eigenvalue weighted by Gasteiger charge is 2.72. The van der Waals surface area contributed by atoms with E-state index >= 15 is 9.59 Å². The molecule has 0 saturated carbocycles. The van der Waals surface area contributed by atoms with E-state index in [1.165, 1.54) is 4.90 Å². The minimum Gasteiger partial charge on any atom is -0.463 e. The van der Waals surface area contributed by atoms with Crippen molar-refractivity contribution in [3.63, 3.8) is 0 Å². The van der Waals surface area contributed by atoms with Gasteiger partial charge in [-0.25, -0.2) is 0 Å². The van der Waals surface area contributed by atoms with Crippen LogP contribution < -0.4 is 5.32 Å². The molecule has 4 heterocycles.